The van der Waals surface area contributed by atoms with Crippen LogP contribution in [0.1, 0.15) is 42.4 Å². The molecular weight excluding hydrogens is 340 g/mol. The second-order valence-electron chi connectivity index (χ2n) is 8.23. The zero-order valence-electron chi connectivity index (χ0n) is 17.0. The molecule has 5 heteroatoms. The molecule has 1 unspecified atom stereocenters. The first kappa shape index (κ1) is 20.2. The van der Waals surface area contributed by atoms with Crippen molar-refractivity contribution in [3.05, 3.63) is 28.8 Å². The highest BCUT2D eigenvalue weighted by atomic mass is 16.5. The topological polar surface area (TPSA) is 53.0 Å². The van der Waals surface area contributed by atoms with Crippen LogP contribution in [0.25, 0.3) is 0 Å². The Morgan fingerprint density at radius 2 is 1.74 bits per heavy atom. The minimum Gasteiger partial charge on any atom is -0.490 e. The Kier molecular flexibility index (Phi) is 6.77. The first-order valence-electron chi connectivity index (χ1n) is 10.3. The molecule has 0 aromatic heterocycles. The summed E-state index contributed by atoms with van der Waals surface area (Å²) in [6, 6.07) is 4.16. The van der Waals surface area contributed by atoms with Crippen molar-refractivity contribution in [1.82, 2.24) is 9.80 Å². The second-order valence-corrected chi connectivity index (χ2v) is 8.23. The molecule has 2 aliphatic rings. The van der Waals surface area contributed by atoms with Crippen molar-refractivity contribution in [2.75, 3.05) is 39.3 Å². The summed E-state index contributed by atoms with van der Waals surface area (Å²) in [4.78, 5) is 16.8. The van der Waals surface area contributed by atoms with Gasteiger partial charge in [0, 0.05) is 38.6 Å². The van der Waals surface area contributed by atoms with Gasteiger partial charge in [0.05, 0.1) is 0 Å². The van der Waals surface area contributed by atoms with Gasteiger partial charge < -0.3 is 14.7 Å². The molecule has 2 fully saturated rings. The van der Waals surface area contributed by atoms with E-state index in [-0.39, 0.29) is 5.92 Å². The molecule has 0 radical (unpaired) electrons. The molecule has 1 amide bonds. The lowest BCUT2D eigenvalue weighted by atomic mass is 10.1. The predicted molar refractivity (Wildman–Crippen MR) is 107 cm³/mol. The van der Waals surface area contributed by atoms with E-state index in [0.717, 1.165) is 55.9 Å². The third-order valence-corrected chi connectivity index (χ3v) is 6.15. The minimum atomic E-state index is -0.526. The number of amides is 1. The fourth-order valence-electron chi connectivity index (χ4n) is 4.26. The number of piperazine rings is 1. The van der Waals surface area contributed by atoms with Gasteiger partial charge in [-0.1, -0.05) is 25.0 Å². The molecule has 150 valence electrons. The molecule has 5 nitrogen and oxygen atoms in total. The average Bonchev–Trinajstić information content (AvgIpc) is 3.20. The third-order valence-electron chi connectivity index (χ3n) is 6.15. The predicted octanol–water partition coefficient (Wildman–Crippen LogP) is 2.69. The van der Waals surface area contributed by atoms with E-state index in [9.17, 15) is 9.90 Å². The molecular formula is C22H34N2O3. The highest BCUT2D eigenvalue weighted by Gasteiger charge is 2.29. The van der Waals surface area contributed by atoms with E-state index in [1.54, 1.807) is 0 Å². The molecule has 1 heterocycles. The van der Waals surface area contributed by atoms with Gasteiger partial charge in [0.2, 0.25) is 5.91 Å². The Morgan fingerprint density at radius 3 is 2.41 bits per heavy atom. The van der Waals surface area contributed by atoms with Crippen LogP contribution in [0.4, 0.5) is 0 Å². The van der Waals surface area contributed by atoms with Crippen LogP contribution in [0.15, 0.2) is 12.1 Å². The lowest BCUT2D eigenvalue weighted by Crippen LogP contribution is -2.52. The molecule has 3 rings (SSSR count). The number of hydrogen-bond acceptors (Lipinski definition) is 4. The van der Waals surface area contributed by atoms with Crippen molar-refractivity contribution in [2.45, 2.75) is 52.6 Å². The summed E-state index contributed by atoms with van der Waals surface area (Å²) in [6.07, 6.45) is 3.99. The van der Waals surface area contributed by atoms with E-state index >= 15 is 0 Å². The number of carbonyl (C=O) groups excluding carboxylic acids is 1. The SMILES string of the molecule is Cc1ccc(C)c(OCC(O)CN2CCN(C(=O)C3CCCC3)CC2)c1C. The Hall–Kier alpha value is -1.59. The number of carbonyl (C=O) groups is 1. The van der Waals surface area contributed by atoms with Crippen molar-refractivity contribution in [3.8, 4) is 5.75 Å². The molecule has 0 bridgehead atoms. The number of ether oxygens (including phenoxy) is 1. The fraction of sp³-hybridized carbons (Fsp3) is 0.682. The lowest BCUT2D eigenvalue weighted by molar-refractivity contribution is -0.137. The number of β-amino-alcohol motifs (C(OH)–C–C–N with tert-alkyl or cyclic N) is 1. The van der Waals surface area contributed by atoms with Crippen LogP contribution in [-0.2, 0) is 4.79 Å². The van der Waals surface area contributed by atoms with Gasteiger partial charge in [0.1, 0.15) is 18.5 Å². The second kappa shape index (κ2) is 9.07. The van der Waals surface area contributed by atoms with E-state index in [2.05, 4.69) is 30.9 Å². The van der Waals surface area contributed by atoms with E-state index in [1.165, 1.54) is 18.4 Å². The number of rotatable bonds is 6. The van der Waals surface area contributed by atoms with Crippen LogP contribution in [0.5, 0.6) is 5.75 Å². The Morgan fingerprint density at radius 1 is 1.11 bits per heavy atom. The third kappa shape index (κ3) is 5.02. The summed E-state index contributed by atoms with van der Waals surface area (Å²) in [6.45, 7) is 10.3. The highest BCUT2D eigenvalue weighted by molar-refractivity contribution is 5.79. The first-order valence-corrected chi connectivity index (χ1v) is 10.3. The summed E-state index contributed by atoms with van der Waals surface area (Å²) in [5, 5.41) is 10.4. The van der Waals surface area contributed by atoms with Crippen molar-refractivity contribution < 1.29 is 14.6 Å². The van der Waals surface area contributed by atoms with Gasteiger partial charge in [0.25, 0.3) is 0 Å². The van der Waals surface area contributed by atoms with Crippen LogP contribution in [-0.4, -0.2) is 66.2 Å². The molecule has 1 atom stereocenters. The van der Waals surface area contributed by atoms with Gasteiger partial charge in [-0.3, -0.25) is 9.69 Å². The van der Waals surface area contributed by atoms with Gasteiger partial charge in [-0.2, -0.15) is 0 Å². The summed E-state index contributed by atoms with van der Waals surface area (Å²) in [5.41, 5.74) is 3.44. The normalized spacial score (nSPS) is 20.1. The maximum atomic E-state index is 12.5. The molecule has 1 saturated carbocycles. The lowest BCUT2D eigenvalue weighted by Gasteiger charge is -2.36. The van der Waals surface area contributed by atoms with Crippen molar-refractivity contribution in [2.24, 2.45) is 5.92 Å². The van der Waals surface area contributed by atoms with Gasteiger partial charge in [0.15, 0.2) is 0 Å². The standard InChI is InChI=1S/C22H34N2O3/c1-16-8-9-17(2)21(18(16)3)27-15-20(25)14-23-10-12-24(13-11-23)22(26)19-6-4-5-7-19/h8-9,19-20,25H,4-7,10-15H2,1-3H3. The summed E-state index contributed by atoms with van der Waals surface area (Å²) in [7, 11) is 0. The number of benzene rings is 1. The quantitative estimate of drug-likeness (QED) is 0.832. The Labute approximate surface area is 163 Å². The zero-order chi connectivity index (χ0) is 19.4. The van der Waals surface area contributed by atoms with Crippen LogP contribution in [0.3, 0.4) is 0 Å². The average molecular weight is 375 g/mol. The molecule has 27 heavy (non-hydrogen) atoms. The summed E-state index contributed by atoms with van der Waals surface area (Å²) < 4.78 is 5.94. The molecule has 1 saturated heterocycles. The van der Waals surface area contributed by atoms with Crippen LogP contribution in [0.2, 0.25) is 0 Å². The van der Waals surface area contributed by atoms with Gasteiger partial charge in [-0.05, 0) is 50.3 Å². The van der Waals surface area contributed by atoms with Crippen LogP contribution >= 0.6 is 0 Å². The van der Waals surface area contributed by atoms with E-state index in [4.69, 9.17) is 4.74 Å². The molecule has 1 aromatic rings. The van der Waals surface area contributed by atoms with Gasteiger partial charge >= 0.3 is 0 Å². The highest BCUT2D eigenvalue weighted by Crippen LogP contribution is 2.27. The zero-order valence-corrected chi connectivity index (χ0v) is 17.0. The molecule has 1 aliphatic carbocycles. The van der Waals surface area contributed by atoms with Crippen LogP contribution < -0.4 is 4.74 Å². The number of hydrogen-bond donors (Lipinski definition) is 1. The monoisotopic (exact) mass is 374 g/mol. The largest absolute Gasteiger partial charge is 0.490 e. The molecule has 0 spiro atoms. The van der Waals surface area contributed by atoms with Gasteiger partial charge in [-0.15, -0.1) is 0 Å². The number of aliphatic hydroxyl groups is 1. The maximum Gasteiger partial charge on any atom is 0.225 e. The number of aryl methyl sites for hydroxylation is 2. The summed E-state index contributed by atoms with van der Waals surface area (Å²) in [5.74, 6) is 1.50. The summed E-state index contributed by atoms with van der Waals surface area (Å²) >= 11 is 0. The number of aliphatic hydroxyl groups excluding tert-OH is 1. The number of nitrogens with zero attached hydrogens (tertiary/aromatic N) is 2. The Balaban J connectivity index is 1.42. The van der Waals surface area contributed by atoms with E-state index in [1.807, 2.05) is 11.8 Å². The Bertz CT molecular complexity index is 647. The molecule has 1 aromatic carbocycles. The fourth-order valence-corrected chi connectivity index (χ4v) is 4.26. The van der Waals surface area contributed by atoms with Crippen LogP contribution in [0, 0.1) is 26.7 Å². The van der Waals surface area contributed by atoms with Crippen molar-refractivity contribution >= 4 is 5.91 Å². The maximum absolute atomic E-state index is 12.5. The van der Waals surface area contributed by atoms with Crippen molar-refractivity contribution in [1.29, 1.82) is 0 Å². The first-order chi connectivity index (χ1) is 13.0. The van der Waals surface area contributed by atoms with E-state index in [0.29, 0.717) is 19.1 Å². The van der Waals surface area contributed by atoms with Crippen molar-refractivity contribution in [3.63, 3.8) is 0 Å². The smallest absolute Gasteiger partial charge is 0.225 e. The van der Waals surface area contributed by atoms with Gasteiger partial charge in [-0.25, -0.2) is 0 Å². The van der Waals surface area contributed by atoms with E-state index < -0.39 is 6.10 Å². The minimum absolute atomic E-state index is 0.261. The molecule has 1 N–H and O–H groups in total. The molecule has 1 aliphatic heterocycles.